The van der Waals surface area contributed by atoms with Crippen LogP contribution in [0, 0.1) is 90.7 Å². The summed E-state index contributed by atoms with van der Waals surface area (Å²) in [5.74, 6) is -3.01. The molecule has 16 unspecified atom stereocenters. The van der Waals surface area contributed by atoms with Crippen molar-refractivity contribution in [1.29, 1.82) is 0 Å². The molecule has 16 atom stereocenters. The Hall–Kier alpha value is -4.48. The topological polar surface area (TPSA) is 162 Å². The summed E-state index contributed by atoms with van der Waals surface area (Å²) in [6, 6.07) is 0. The Kier molecular flexibility index (Phi) is 25.6. The highest BCUT2D eigenvalue weighted by atomic mass is 16.3. The van der Waals surface area contributed by atoms with Gasteiger partial charge in [0.1, 0.15) is 0 Å². The highest BCUT2D eigenvalue weighted by Gasteiger charge is 2.45. The van der Waals surface area contributed by atoms with E-state index in [-0.39, 0.29) is 78.8 Å². The number of rotatable bonds is 16. The van der Waals surface area contributed by atoms with Crippen molar-refractivity contribution in [3.05, 3.63) is 186 Å². The molecule has 8 N–H and O–H groups in total. The van der Waals surface area contributed by atoms with Gasteiger partial charge in [-0.1, -0.05) is 263 Å². The smallest absolute Gasteiger partial charge is 0.0822 e. The summed E-state index contributed by atoms with van der Waals surface area (Å²) >= 11 is 0. The van der Waals surface area contributed by atoms with E-state index in [4.69, 9.17) is 0 Å². The molecule has 8 nitrogen and oxygen atoms in total. The summed E-state index contributed by atoms with van der Waals surface area (Å²) in [5.41, 5.74) is 14.1. The highest BCUT2D eigenvalue weighted by molar-refractivity contribution is 5.49. The largest absolute Gasteiger partial charge is 0.388 e. The maximum atomic E-state index is 13.2. The molecule has 1 saturated carbocycles. The molecule has 0 aromatic carbocycles. The monoisotopic (exact) mass is 1430 g/mol. The Labute approximate surface area is 632 Å². The Bertz CT molecular complexity index is 3690. The van der Waals surface area contributed by atoms with Crippen LogP contribution in [-0.4, -0.2) is 89.7 Å². The van der Waals surface area contributed by atoms with Gasteiger partial charge in [-0.15, -0.1) is 0 Å². The van der Waals surface area contributed by atoms with Crippen LogP contribution < -0.4 is 0 Å². The van der Waals surface area contributed by atoms with Gasteiger partial charge in [-0.2, -0.15) is 0 Å². The Morgan fingerprint density at radius 2 is 0.337 bits per heavy atom. The van der Waals surface area contributed by atoms with Crippen LogP contribution in [0.1, 0.15) is 269 Å². The van der Waals surface area contributed by atoms with Gasteiger partial charge in [-0.25, -0.2) is 0 Å². The lowest BCUT2D eigenvalue weighted by Gasteiger charge is -2.41. The summed E-state index contributed by atoms with van der Waals surface area (Å²) in [6.07, 6.45) is 39.0. The van der Waals surface area contributed by atoms with Crippen LogP contribution in [0.4, 0.5) is 0 Å². The van der Waals surface area contributed by atoms with Crippen molar-refractivity contribution in [2.24, 2.45) is 90.7 Å². The molecular weight excluding hydrogens is 1280 g/mol. The van der Waals surface area contributed by atoms with E-state index in [0.717, 1.165) is 141 Å². The summed E-state index contributed by atoms with van der Waals surface area (Å²) in [4.78, 5) is 0. The van der Waals surface area contributed by atoms with Gasteiger partial charge in [0.15, 0.2) is 0 Å². The number of aliphatic hydroxyl groups is 8. The zero-order valence-electron chi connectivity index (χ0n) is 69.4. The molecule has 0 aromatic heterocycles. The van der Waals surface area contributed by atoms with Crippen LogP contribution >= 0.6 is 0 Å². The van der Waals surface area contributed by atoms with Crippen LogP contribution in [0.5, 0.6) is 0 Å². The van der Waals surface area contributed by atoms with Gasteiger partial charge in [0.05, 0.1) is 48.8 Å². The first kappa shape index (κ1) is 83.6. The SMILES string of the molecule is CCC(C)(C)C1=CC2CC3=CC(C(C)(C)CC)=CC(CC4=CC(C(C)(C)CC)=CC(CC5C=C(C(C)(C)CC)C=C(CC6C=C(C(C)(C)CC)C=C(CC7=CC(C(C)(C)CC)=CC(CC8C=C(C(C)(C)CC)C=C(CC9C=C(C(C)(C)CC)C=C(CC(=C1)C2O)C9O)C8O)C7O)C6O)C5O)C4O)C3O. The number of hydrogen-bond donors (Lipinski definition) is 8. The van der Waals surface area contributed by atoms with Gasteiger partial charge in [-0.05, 0) is 235 Å². The lowest BCUT2D eigenvalue weighted by Crippen LogP contribution is -2.37. The maximum absolute atomic E-state index is 13.2. The van der Waals surface area contributed by atoms with Gasteiger partial charge < -0.3 is 40.9 Å². The minimum atomic E-state index is -0.921. The van der Waals surface area contributed by atoms with Crippen molar-refractivity contribution in [3.8, 4) is 0 Å². The molecule has 8 heteroatoms. The van der Waals surface area contributed by atoms with E-state index in [2.05, 4.69) is 263 Å². The lowest BCUT2D eigenvalue weighted by atomic mass is 9.66. The third-order valence-electron chi connectivity index (χ3n) is 29.3. The van der Waals surface area contributed by atoms with Crippen LogP contribution in [0.2, 0.25) is 0 Å². The van der Waals surface area contributed by atoms with Crippen molar-refractivity contribution >= 4 is 0 Å². The molecule has 16 bridgehead atoms. The summed E-state index contributed by atoms with van der Waals surface area (Å²) < 4.78 is 0. The predicted octanol–water partition coefficient (Wildman–Crippen LogP) is 21.4. The van der Waals surface area contributed by atoms with Gasteiger partial charge in [0.2, 0.25) is 0 Å². The summed E-state index contributed by atoms with van der Waals surface area (Å²) in [6.45, 7) is 54.2. The van der Waals surface area contributed by atoms with E-state index >= 15 is 0 Å². The van der Waals surface area contributed by atoms with E-state index in [1.165, 1.54) is 0 Å². The molecule has 0 spiro atoms. The van der Waals surface area contributed by atoms with Gasteiger partial charge in [0.25, 0.3) is 0 Å². The van der Waals surface area contributed by atoms with Crippen LogP contribution in [0.25, 0.3) is 0 Å². The van der Waals surface area contributed by atoms with Crippen molar-refractivity contribution in [1.82, 2.24) is 0 Å². The van der Waals surface area contributed by atoms with E-state index < -0.39 is 60.7 Å². The third kappa shape index (κ3) is 17.6. The molecule has 9 rings (SSSR count). The standard InChI is InChI=1S/C96H144O8/c1-25-89(9,10)73-41-57-33-59-43-74(90(11,12)26-2)45-61(82(59)98)35-63-47-76(92(15,16)28-4)49-65(84(63)100)37-67-51-78(94(19,20)30-6)53-69(86(67)102)39-71-55-80(96(23,24)32-8)56-72(88(71)104)40-70-54-79(95(21,22)31-7)52-68(87(70)103)38-66-50-77(93(17,18)29-5)48-64(85(66)101)36-62-46-75(91(13,14)27-3)44-60(83(62)99)34-58(42-73)81(57)97/h41-57,59-60,63-64,69-71,81-88,97-104H,25-40H2,1-24H3. The van der Waals surface area contributed by atoms with E-state index in [1.807, 2.05) is 0 Å². The molecule has 0 radical (unpaired) electrons. The molecule has 9 aliphatic rings. The summed E-state index contributed by atoms with van der Waals surface area (Å²) in [5, 5.41) is 106. The molecule has 104 heavy (non-hydrogen) atoms. The second-order valence-corrected chi connectivity index (χ2v) is 39.1. The second-order valence-electron chi connectivity index (χ2n) is 39.1. The molecule has 1 fully saturated rings. The molecule has 0 aromatic rings. The van der Waals surface area contributed by atoms with Crippen LogP contribution in [0.15, 0.2) is 186 Å². The van der Waals surface area contributed by atoms with Crippen molar-refractivity contribution < 1.29 is 40.9 Å². The minimum Gasteiger partial charge on any atom is -0.388 e. The Balaban J connectivity index is 1.22. The normalized spacial score (nSPS) is 32.0. The first-order chi connectivity index (χ1) is 48.3. The lowest BCUT2D eigenvalue weighted by molar-refractivity contribution is 0.0963. The second kappa shape index (κ2) is 31.8. The molecule has 0 heterocycles. The minimum absolute atomic E-state index is 0.241. The van der Waals surface area contributed by atoms with Crippen molar-refractivity contribution in [2.75, 3.05) is 0 Å². The number of allylic oxidation sites excluding steroid dienone is 16. The van der Waals surface area contributed by atoms with E-state index in [9.17, 15) is 40.9 Å². The molecule has 9 aliphatic carbocycles. The van der Waals surface area contributed by atoms with Gasteiger partial charge in [-0.3, -0.25) is 0 Å². The number of hydrogen-bond acceptors (Lipinski definition) is 8. The molecule has 576 valence electrons. The van der Waals surface area contributed by atoms with Crippen molar-refractivity contribution in [3.63, 3.8) is 0 Å². The quantitative estimate of drug-likeness (QED) is 0.0758. The highest BCUT2D eigenvalue weighted by Crippen LogP contribution is 2.53. The molecule has 0 aliphatic heterocycles. The van der Waals surface area contributed by atoms with Crippen LogP contribution in [-0.2, 0) is 0 Å². The number of aliphatic hydroxyl groups excluding tert-OH is 8. The fraction of sp³-hybridized carbons (Fsp3) is 0.667. The first-order valence-corrected chi connectivity index (χ1v) is 41.2. The molecule has 0 amide bonds. The zero-order chi connectivity index (χ0) is 77.1. The van der Waals surface area contributed by atoms with Gasteiger partial charge in [0, 0.05) is 47.3 Å². The molecule has 0 saturated heterocycles. The van der Waals surface area contributed by atoms with E-state index in [0.29, 0.717) is 51.4 Å². The predicted molar refractivity (Wildman–Crippen MR) is 435 cm³/mol. The fourth-order valence-electron chi connectivity index (χ4n) is 17.4. The average molecular weight is 1430 g/mol. The van der Waals surface area contributed by atoms with E-state index in [1.54, 1.807) is 0 Å². The Morgan fingerprint density at radius 1 is 0.212 bits per heavy atom. The molecular formula is C96H144O8. The average Bonchev–Trinajstić information content (AvgIpc) is 0.776. The fourth-order valence-corrected chi connectivity index (χ4v) is 17.4. The summed E-state index contributed by atoms with van der Waals surface area (Å²) in [7, 11) is 0. The first-order valence-electron chi connectivity index (χ1n) is 41.2. The zero-order valence-corrected chi connectivity index (χ0v) is 69.4. The van der Waals surface area contributed by atoms with Crippen molar-refractivity contribution in [2.45, 2.75) is 318 Å². The maximum Gasteiger partial charge on any atom is 0.0822 e. The Morgan fingerprint density at radius 3 is 0.500 bits per heavy atom. The van der Waals surface area contributed by atoms with Gasteiger partial charge >= 0.3 is 0 Å². The number of fused-ring (bicyclic) bond motifs is 16. The third-order valence-corrected chi connectivity index (χ3v) is 29.3. The van der Waals surface area contributed by atoms with Crippen LogP contribution in [0.3, 0.4) is 0 Å².